The molecule has 2 rings (SSSR count). The number of aliphatic imine (C=N–C) groups is 1. The van der Waals surface area contributed by atoms with Crippen molar-refractivity contribution in [3.8, 4) is 0 Å². The smallest absolute Gasteiger partial charge is 0.416 e. The molecule has 24 heavy (non-hydrogen) atoms. The molecule has 0 saturated carbocycles. The van der Waals surface area contributed by atoms with Crippen molar-refractivity contribution in [2.45, 2.75) is 56.2 Å². The van der Waals surface area contributed by atoms with Crippen molar-refractivity contribution in [2.75, 3.05) is 13.7 Å². The first-order valence-electron chi connectivity index (χ1n) is 7.27. The number of ether oxygens (including phenoxy) is 2. The van der Waals surface area contributed by atoms with Crippen LogP contribution in [0.3, 0.4) is 0 Å². The first kappa shape index (κ1) is 20.5. The average Bonchev–Trinajstić information content (AvgIpc) is 2.91. The molecule has 0 bridgehead atoms. The van der Waals surface area contributed by atoms with Gasteiger partial charge in [0.15, 0.2) is 5.17 Å². The van der Waals surface area contributed by atoms with E-state index in [1.807, 2.05) is 21.2 Å². The molecule has 0 aromatic rings. The van der Waals surface area contributed by atoms with Crippen LogP contribution in [0.2, 0.25) is 0 Å². The molecule has 8 nitrogen and oxygen atoms in total. The van der Waals surface area contributed by atoms with E-state index >= 15 is 0 Å². The molecule has 138 valence electrons. The van der Waals surface area contributed by atoms with E-state index in [0.717, 1.165) is 9.21 Å². The van der Waals surface area contributed by atoms with Crippen LogP contribution in [-0.4, -0.2) is 75.4 Å². The van der Waals surface area contributed by atoms with Crippen LogP contribution in [0, 0.1) is 0 Å². The van der Waals surface area contributed by atoms with Gasteiger partial charge in [0, 0.05) is 28.3 Å². The van der Waals surface area contributed by atoms with Crippen LogP contribution in [0.1, 0.15) is 20.8 Å². The molecule has 2 N–H and O–H groups in total. The van der Waals surface area contributed by atoms with Gasteiger partial charge in [-0.25, -0.2) is 4.79 Å². The highest BCUT2D eigenvalue weighted by atomic mass is 127. The Labute approximate surface area is 161 Å². The second-order valence-corrected chi connectivity index (χ2v) is 8.94. The number of thioether (sulfide) groups is 1. The number of carbonyl (C=O) groups excluding carboxylic acids is 1. The van der Waals surface area contributed by atoms with E-state index in [0.29, 0.717) is 5.17 Å². The zero-order valence-corrected chi connectivity index (χ0v) is 17.5. The van der Waals surface area contributed by atoms with Gasteiger partial charge in [0.1, 0.15) is 35.4 Å². The summed E-state index contributed by atoms with van der Waals surface area (Å²) in [5.41, 5.74) is -1.11. The summed E-state index contributed by atoms with van der Waals surface area (Å²) < 4.78 is 16.3. The second kappa shape index (κ2) is 8.27. The third kappa shape index (κ3) is 4.89. The summed E-state index contributed by atoms with van der Waals surface area (Å²) in [6.07, 6.45) is -3.39. The van der Waals surface area contributed by atoms with Gasteiger partial charge < -0.3 is 23.9 Å². The Balaban J connectivity index is 2.04. The molecule has 0 radical (unpaired) electrons. The zero-order chi connectivity index (χ0) is 18.1. The molecular weight excluding hydrogens is 471 g/mol. The summed E-state index contributed by atoms with van der Waals surface area (Å²) in [5, 5.41) is 20.8. The van der Waals surface area contributed by atoms with Crippen LogP contribution >= 0.6 is 42.2 Å². The summed E-state index contributed by atoms with van der Waals surface area (Å²) in [4.78, 5) is 17.7. The van der Waals surface area contributed by atoms with Gasteiger partial charge in [0.25, 0.3) is 0 Å². The molecule has 1 saturated heterocycles. The Hall–Kier alpha value is 0.210. The van der Waals surface area contributed by atoms with Gasteiger partial charge in [0.2, 0.25) is 0 Å². The van der Waals surface area contributed by atoms with Gasteiger partial charge in [-0.2, -0.15) is 0 Å². The molecule has 0 spiro atoms. The van der Waals surface area contributed by atoms with E-state index in [1.165, 1.54) is 16.7 Å². The highest BCUT2D eigenvalue weighted by molar-refractivity contribution is 14.2. The number of aliphatic hydroxyl groups is 2. The SMILES string of the molecule is CN(C(=O)OC(C)(C)C)C1=N[C@@H]2C(O)[C@H](O)C(COSI)O[C@@H]2S1. The van der Waals surface area contributed by atoms with E-state index in [4.69, 9.17) is 13.7 Å². The van der Waals surface area contributed by atoms with E-state index in [2.05, 4.69) is 4.99 Å². The zero-order valence-electron chi connectivity index (χ0n) is 13.7. The first-order valence-corrected chi connectivity index (χ1v) is 11.4. The highest BCUT2D eigenvalue weighted by Gasteiger charge is 2.49. The summed E-state index contributed by atoms with van der Waals surface area (Å²) in [6, 6.07) is -0.645. The molecule has 1 amide bonds. The van der Waals surface area contributed by atoms with Gasteiger partial charge in [-0.1, -0.05) is 11.8 Å². The Morgan fingerprint density at radius 1 is 1.46 bits per heavy atom. The van der Waals surface area contributed by atoms with Crippen molar-refractivity contribution >= 4 is 53.4 Å². The van der Waals surface area contributed by atoms with Crippen LogP contribution in [0.4, 0.5) is 4.79 Å². The van der Waals surface area contributed by atoms with Crippen molar-refractivity contribution in [3.63, 3.8) is 0 Å². The van der Waals surface area contributed by atoms with Gasteiger partial charge in [-0.05, 0) is 20.8 Å². The monoisotopic (exact) mass is 492 g/mol. The lowest BCUT2D eigenvalue weighted by atomic mass is 9.99. The number of fused-ring (bicyclic) bond motifs is 1. The lowest BCUT2D eigenvalue weighted by Crippen LogP contribution is -2.55. The van der Waals surface area contributed by atoms with Crippen molar-refractivity contribution in [2.24, 2.45) is 4.99 Å². The normalized spacial score (nSPS) is 33.0. The van der Waals surface area contributed by atoms with Crippen LogP contribution in [-0.2, 0) is 13.7 Å². The predicted octanol–water partition coefficient (Wildman–Crippen LogP) is 1.79. The number of amides is 1. The average molecular weight is 492 g/mol. The fourth-order valence-corrected chi connectivity index (χ4v) is 4.03. The molecule has 0 aromatic heterocycles. The quantitative estimate of drug-likeness (QED) is 0.455. The molecule has 5 atom stereocenters. The fraction of sp³-hybridized carbons (Fsp3) is 0.846. The minimum Gasteiger partial charge on any atom is -0.443 e. The number of nitrogens with zero attached hydrogens (tertiary/aromatic N) is 2. The van der Waals surface area contributed by atoms with E-state index in [9.17, 15) is 15.0 Å². The molecule has 2 aliphatic rings. The number of amidine groups is 1. The molecule has 11 heteroatoms. The summed E-state index contributed by atoms with van der Waals surface area (Å²) in [7, 11) is 2.68. The Bertz CT molecular complexity index is 503. The first-order chi connectivity index (χ1) is 11.1. The number of hydrogen-bond donors (Lipinski definition) is 2. The molecule has 1 fully saturated rings. The number of carbonyl (C=O) groups is 1. The number of aliphatic hydroxyl groups excluding tert-OH is 2. The van der Waals surface area contributed by atoms with Gasteiger partial charge in [-0.3, -0.25) is 9.89 Å². The number of halogens is 1. The minimum atomic E-state index is -1.11. The third-order valence-corrected chi connectivity index (χ3v) is 5.58. The Morgan fingerprint density at radius 3 is 2.71 bits per heavy atom. The summed E-state index contributed by atoms with van der Waals surface area (Å²) >= 11 is 3.18. The van der Waals surface area contributed by atoms with E-state index in [-0.39, 0.29) is 6.61 Å². The van der Waals surface area contributed by atoms with E-state index < -0.39 is 41.5 Å². The van der Waals surface area contributed by atoms with Crippen molar-refractivity contribution in [3.05, 3.63) is 0 Å². The Morgan fingerprint density at radius 2 is 2.12 bits per heavy atom. The molecule has 2 aliphatic heterocycles. The van der Waals surface area contributed by atoms with Crippen molar-refractivity contribution in [1.82, 2.24) is 4.90 Å². The van der Waals surface area contributed by atoms with Crippen LogP contribution < -0.4 is 0 Å². The van der Waals surface area contributed by atoms with Crippen molar-refractivity contribution < 1.29 is 28.7 Å². The minimum absolute atomic E-state index is 0.146. The van der Waals surface area contributed by atoms with Crippen LogP contribution in [0.25, 0.3) is 0 Å². The maximum absolute atomic E-state index is 12.1. The summed E-state index contributed by atoms with van der Waals surface area (Å²) in [5.74, 6) is 0. The van der Waals surface area contributed by atoms with Crippen molar-refractivity contribution in [1.29, 1.82) is 0 Å². The Kier molecular flexibility index (Phi) is 7.07. The maximum atomic E-state index is 12.1. The second-order valence-electron chi connectivity index (χ2n) is 6.43. The summed E-state index contributed by atoms with van der Waals surface area (Å²) in [6.45, 7) is 5.48. The van der Waals surface area contributed by atoms with Crippen LogP contribution in [0.5, 0.6) is 0 Å². The molecule has 2 unspecified atom stereocenters. The van der Waals surface area contributed by atoms with E-state index in [1.54, 1.807) is 27.8 Å². The predicted molar refractivity (Wildman–Crippen MR) is 101 cm³/mol. The number of rotatable bonds is 3. The topological polar surface area (TPSA) is 101 Å². The van der Waals surface area contributed by atoms with Crippen LogP contribution in [0.15, 0.2) is 4.99 Å². The fourth-order valence-electron chi connectivity index (χ4n) is 2.22. The molecule has 0 aliphatic carbocycles. The standard InChI is InChI=1S/C13H21IN2O6S2/c1-13(2,3)22-12(19)16(4)11-15-7-9(18)8(17)6(5-20-24-14)21-10(7)23-11/h6-10,17-18H,5H2,1-4H3/t6?,7-,8-,9?,10-/m1/s1. The molecular formula is C13H21IN2O6S2. The number of hydrogen-bond acceptors (Lipinski definition) is 9. The largest absolute Gasteiger partial charge is 0.443 e. The van der Waals surface area contributed by atoms with Gasteiger partial charge >= 0.3 is 6.09 Å². The van der Waals surface area contributed by atoms with Gasteiger partial charge in [0.05, 0.1) is 15.8 Å². The third-order valence-electron chi connectivity index (χ3n) is 3.38. The lowest BCUT2D eigenvalue weighted by Gasteiger charge is -2.37. The molecule has 0 aromatic carbocycles. The lowest BCUT2D eigenvalue weighted by molar-refractivity contribution is -0.160. The van der Waals surface area contributed by atoms with Gasteiger partial charge in [-0.15, -0.1) is 0 Å². The molecule has 2 heterocycles. The highest BCUT2D eigenvalue weighted by Crippen LogP contribution is 2.37. The maximum Gasteiger partial charge on any atom is 0.416 e.